The Balaban J connectivity index is 2.05. The van der Waals surface area contributed by atoms with E-state index in [9.17, 15) is 14.9 Å². The Morgan fingerprint density at radius 2 is 2.15 bits per heavy atom. The molecule has 0 N–H and O–H groups in total. The topological polar surface area (TPSA) is 86.7 Å². The highest BCUT2D eigenvalue weighted by Crippen LogP contribution is 2.26. The highest BCUT2D eigenvalue weighted by atomic mass is 35.5. The molecule has 10 heteroatoms. The van der Waals surface area contributed by atoms with E-state index in [0.29, 0.717) is 29.6 Å². The quantitative estimate of drug-likeness (QED) is 0.347. The van der Waals surface area contributed by atoms with Gasteiger partial charge < -0.3 is 9.30 Å². The summed E-state index contributed by atoms with van der Waals surface area (Å²) in [6, 6.07) is 8.24. The second-order valence-corrected chi connectivity index (χ2v) is 7.61. The second kappa shape index (κ2) is 8.09. The van der Waals surface area contributed by atoms with Crippen molar-refractivity contribution >= 4 is 55.4 Å². The molecule has 1 amide bonds. The number of thiophene rings is 1. The predicted molar refractivity (Wildman–Crippen MR) is 102 cm³/mol. The molecule has 0 bridgehead atoms. The molecule has 2 heterocycles. The molecule has 0 fully saturated rings. The molecule has 2 aromatic heterocycles. The number of hydrogen-bond donors (Lipinski definition) is 0. The summed E-state index contributed by atoms with van der Waals surface area (Å²) < 4.78 is 8.16. The number of halogens is 1. The summed E-state index contributed by atoms with van der Waals surface area (Å²) in [5, 5.41) is 11.3. The molecule has 7 nitrogen and oxygen atoms in total. The third-order valence-corrected chi connectivity index (χ3v) is 5.87. The number of amides is 1. The number of fused-ring (bicyclic) bond motifs is 1. The largest absolute Gasteiger partial charge is 0.380 e. The third-order valence-electron chi connectivity index (χ3n) is 3.49. The molecule has 0 saturated carbocycles. The molecule has 0 atom stereocenters. The zero-order valence-electron chi connectivity index (χ0n) is 13.7. The number of carbonyl (C=O) groups excluding carboxylic acids is 1. The Bertz CT molecular complexity index is 1040. The van der Waals surface area contributed by atoms with Gasteiger partial charge in [0.2, 0.25) is 0 Å². The van der Waals surface area contributed by atoms with Crippen molar-refractivity contribution in [2.45, 2.75) is 13.5 Å². The van der Waals surface area contributed by atoms with Crippen LogP contribution in [0.5, 0.6) is 0 Å². The van der Waals surface area contributed by atoms with E-state index in [4.69, 9.17) is 16.3 Å². The van der Waals surface area contributed by atoms with Crippen LogP contribution >= 0.6 is 34.3 Å². The minimum absolute atomic E-state index is 0.0906. The van der Waals surface area contributed by atoms with Crippen molar-refractivity contribution in [1.29, 1.82) is 0 Å². The summed E-state index contributed by atoms with van der Waals surface area (Å²) in [5.74, 6) is -0.518. The number of para-hydroxylation sites is 1. The first-order valence-corrected chi connectivity index (χ1v) is 9.71. The summed E-state index contributed by atoms with van der Waals surface area (Å²) in [4.78, 5) is 27.6. The Morgan fingerprint density at radius 1 is 1.35 bits per heavy atom. The maximum atomic E-state index is 12.4. The van der Waals surface area contributed by atoms with Gasteiger partial charge in [-0.3, -0.25) is 14.9 Å². The van der Waals surface area contributed by atoms with E-state index >= 15 is 0 Å². The first-order chi connectivity index (χ1) is 12.5. The van der Waals surface area contributed by atoms with Crippen LogP contribution in [0.15, 0.2) is 35.3 Å². The number of rotatable bonds is 6. The number of nitro groups is 1. The summed E-state index contributed by atoms with van der Waals surface area (Å²) >= 11 is 8.47. The van der Waals surface area contributed by atoms with Gasteiger partial charge in [0.05, 0.1) is 26.8 Å². The smallest absolute Gasteiger partial charge is 0.324 e. The van der Waals surface area contributed by atoms with Gasteiger partial charge in [-0.05, 0) is 25.1 Å². The van der Waals surface area contributed by atoms with E-state index < -0.39 is 10.8 Å². The van der Waals surface area contributed by atoms with Crippen LogP contribution in [0.2, 0.25) is 5.02 Å². The zero-order chi connectivity index (χ0) is 18.7. The van der Waals surface area contributed by atoms with Crippen LogP contribution in [0, 0.1) is 10.1 Å². The average molecular weight is 412 g/mol. The van der Waals surface area contributed by atoms with Gasteiger partial charge in [0, 0.05) is 19.2 Å². The molecule has 0 aliphatic carbocycles. The molecule has 26 heavy (non-hydrogen) atoms. The van der Waals surface area contributed by atoms with Crippen LogP contribution in [0.3, 0.4) is 0 Å². The Morgan fingerprint density at radius 3 is 2.85 bits per heavy atom. The van der Waals surface area contributed by atoms with Crippen LogP contribution in [0.25, 0.3) is 10.2 Å². The molecular formula is C16H14ClN3O4S2. The molecule has 0 aliphatic rings. The Kier molecular flexibility index (Phi) is 5.82. The summed E-state index contributed by atoms with van der Waals surface area (Å²) in [6.45, 7) is 3.44. The molecule has 0 saturated heterocycles. The standard InChI is InChI=1S/C16H14ClN3O4S2/c1-2-24-9-8-19-14-10(17)4-3-5-11(14)26-16(19)18-15(21)12-6-7-13(25-12)20(22)23/h3-7H,2,8-9H2,1H3. The fourth-order valence-corrected chi connectivity index (χ4v) is 4.48. The van der Waals surface area contributed by atoms with Crippen LogP contribution in [0.4, 0.5) is 5.00 Å². The minimum Gasteiger partial charge on any atom is -0.380 e. The average Bonchev–Trinajstić information content (AvgIpc) is 3.21. The Labute approximate surface area is 161 Å². The predicted octanol–water partition coefficient (Wildman–Crippen LogP) is 4.10. The van der Waals surface area contributed by atoms with Crippen LogP contribution in [-0.4, -0.2) is 28.6 Å². The molecule has 0 unspecified atom stereocenters. The van der Waals surface area contributed by atoms with Gasteiger partial charge in [-0.15, -0.1) is 0 Å². The maximum absolute atomic E-state index is 12.4. The Hall–Kier alpha value is -2.07. The minimum atomic E-state index is -0.525. The van der Waals surface area contributed by atoms with Crippen LogP contribution in [0.1, 0.15) is 16.6 Å². The lowest BCUT2D eigenvalue weighted by Gasteiger charge is -2.06. The monoisotopic (exact) mass is 411 g/mol. The van der Waals surface area contributed by atoms with Gasteiger partial charge in [-0.25, -0.2) is 0 Å². The van der Waals surface area contributed by atoms with E-state index in [1.807, 2.05) is 23.6 Å². The van der Waals surface area contributed by atoms with E-state index in [2.05, 4.69) is 4.99 Å². The van der Waals surface area contributed by atoms with Crippen molar-refractivity contribution < 1.29 is 14.5 Å². The molecule has 0 radical (unpaired) electrons. The number of nitrogens with zero attached hydrogens (tertiary/aromatic N) is 3. The van der Waals surface area contributed by atoms with E-state index in [-0.39, 0.29) is 9.88 Å². The molecule has 1 aromatic carbocycles. The number of benzene rings is 1. The van der Waals surface area contributed by atoms with E-state index in [1.165, 1.54) is 23.5 Å². The fourth-order valence-electron chi connectivity index (χ4n) is 2.36. The van der Waals surface area contributed by atoms with Gasteiger partial charge in [0.25, 0.3) is 5.91 Å². The summed E-state index contributed by atoms with van der Waals surface area (Å²) in [7, 11) is 0. The van der Waals surface area contributed by atoms with Gasteiger partial charge in [-0.2, -0.15) is 4.99 Å². The number of thiazole rings is 1. The molecule has 3 rings (SSSR count). The first-order valence-electron chi connectivity index (χ1n) is 7.70. The van der Waals surface area contributed by atoms with Crippen molar-refractivity contribution in [2.24, 2.45) is 4.99 Å². The lowest BCUT2D eigenvalue weighted by Crippen LogP contribution is -2.19. The highest BCUT2D eigenvalue weighted by molar-refractivity contribution is 7.17. The van der Waals surface area contributed by atoms with Crippen molar-refractivity contribution in [1.82, 2.24) is 4.57 Å². The number of carbonyl (C=O) groups is 1. The normalized spacial score (nSPS) is 12.0. The highest BCUT2D eigenvalue weighted by Gasteiger charge is 2.16. The van der Waals surface area contributed by atoms with Crippen molar-refractivity contribution in [3.63, 3.8) is 0 Å². The molecule has 0 aliphatic heterocycles. The third kappa shape index (κ3) is 3.85. The van der Waals surface area contributed by atoms with Gasteiger partial charge in [-0.1, -0.05) is 40.3 Å². The van der Waals surface area contributed by atoms with Gasteiger partial charge in [0.1, 0.15) is 4.88 Å². The van der Waals surface area contributed by atoms with Crippen LogP contribution in [-0.2, 0) is 11.3 Å². The number of ether oxygens (including phenoxy) is 1. The number of aromatic nitrogens is 1. The van der Waals surface area contributed by atoms with Crippen molar-refractivity contribution in [3.8, 4) is 0 Å². The second-order valence-electron chi connectivity index (χ2n) is 5.13. The lowest BCUT2D eigenvalue weighted by molar-refractivity contribution is -0.380. The summed E-state index contributed by atoms with van der Waals surface area (Å²) in [6.07, 6.45) is 0. The molecular weight excluding hydrogens is 398 g/mol. The van der Waals surface area contributed by atoms with Gasteiger partial charge in [0.15, 0.2) is 4.80 Å². The molecule has 0 spiro atoms. The zero-order valence-corrected chi connectivity index (χ0v) is 16.1. The van der Waals surface area contributed by atoms with Crippen molar-refractivity contribution in [3.05, 3.63) is 55.1 Å². The molecule has 3 aromatic rings. The van der Waals surface area contributed by atoms with E-state index in [1.54, 1.807) is 6.07 Å². The number of hydrogen-bond acceptors (Lipinski definition) is 6. The lowest BCUT2D eigenvalue weighted by atomic mass is 10.3. The van der Waals surface area contributed by atoms with Crippen LogP contribution < -0.4 is 4.80 Å². The van der Waals surface area contributed by atoms with E-state index in [0.717, 1.165) is 21.6 Å². The molecule has 136 valence electrons. The van der Waals surface area contributed by atoms with Gasteiger partial charge >= 0.3 is 5.00 Å². The fraction of sp³-hybridized carbons (Fsp3) is 0.250. The summed E-state index contributed by atoms with van der Waals surface area (Å²) in [5.41, 5.74) is 0.794. The van der Waals surface area contributed by atoms with Crippen molar-refractivity contribution in [2.75, 3.05) is 13.2 Å². The maximum Gasteiger partial charge on any atom is 0.324 e. The first kappa shape index (κ1) is 18.7. The SMILES string of the molecule is CCOCCn1c(=NC(=O)c2ccc([N+](=O)[O-])s2)sc2cccc(Cl)c21.